The molecule has 0 spiro atoms. The highest BCUT2D eigenvalue weighted by molar-refractivity contribution is 5.69. The van der Waals surface area contributed by atoms with Crippen LogP contribution in [0.5, 0.6) is 0 Å². The maximum absolute atomic E-state index is 12.3. The lowest BCUT2D eigenvalue weighted by atomic mass is 10.0. The van der Waals surface area contributed by atoms with E-state index in [2.05, 4.69) is 62.5 Å². The Bertz CT molecular complexity index is 630. The van der Waals surface area contributed by atoms with Crippen molar-refractivity contribution in [2.45, 2.75) is 142 Å². The van der Waals surface area contributed by atoms with E-state index in [1.165, 1.54) is 32.1 Å². The van der Waals surface area contributed by atoms with Gasteiger partial charge in [-0.05, 0) is 70.6 Å². The molecule has 4 heteroatoms. The minimum atomic E-state index is -0.785. The van der Waals surface area contributed by atoms with Crippen LogP contribution >= 0.6 is 0 Å². The van der Waals surface area contributed by atoms with Crippen molar-refractivity contribution in [3.63, 3.8) is 0 Å². The Kier molecular flexibility index (Phi) is 25.9. The van der Waals surface area contributed by atoms with Gasteiger partial charge in [0.15, 0.2) is 0 Å². The molecule has 0 aliphatic carbocycles. The van der Waals surface area contributed by atoms with E-state index in [1.54, 1.807) is 0 Å². The summed E-state index contributed by atoms with van der Waals surface area (Å²) < 4.78 is 5.73. The average molecular weight is 503 g/mol. The summed E-state index contributed by atoms with van der Waals surface area (Å²) in [6.45, 7) is 4.37. The molecule has 0 aromatic carbocycles. The minimum Gasteiger partial charge on any atom is -0.481 e. The zero-order chi connectivity index (χ0) is 26.5. The molecule has 0 saturated heterocycles. The van der Waals surface area contributed by atoms with Gasteiger partial charge in [-0.3, -0.25) is 9.59 Å². The van der Waals surface area contributed by atoms with Crippen LogP contribution in [0, 0.1) is 0 Å². The molecule has 1 unspecified atom stereocenters. The maximum Gasteiger partial charge on any atom is 0.306 e. The second-order valence-electron chi connectivity index (χ2n) is 9.55. The van der Waals surface area contributed by atoms with E-state index in [1.807, 2.05) is 0 Å². The van der Waals surface area contributed by atoms with Crippen LogP contribution in [0.3, 0.4) is 0 Å². The Morgan fingerprint density at radius 2 is 1.19 bits per heavy atom. The van der Waals surface area contributed by atoms with Crippen LogP contribution in [-0.2, 0) is 14.3 Å². The van der Waals surface area contributed by atoms with Crippen molar-refractivity contribution in [2.75, 3.05) is 0 Å². The lowest BCUT2D eigenvalue weighted by molar-refractivity contribution is -0.150. The predicted molar refractivity (Wildman–Crippen MR) is 153 cm³/mol. The Morgan fingerprint density at radius 3 is 1.81 bits per heavy atom. The third-order valence-electron chi connectivity index (χ3n) is 6.07. The van der Waals surface area contributed by atoms with Gasteiger partial charge in [-0.2, -0.15) is 0 Å². The SMILES string of the molecule is CC/C=C\C/C=C\C/C=C\C/C=C\CCCCC(=O)OC(CCCCCCCCC)CCCC(=O)O. The summed E-state index contributed by atoms with van der Waals surface area (Å²) in [5, 5.41) is 8.91. The number of carboxylic acids is 1. The number of rotatable bonds is 25. The molecule has 206 valence electrons. The van der Waals surface area contributed by atoms with Gasteiger partial charge in [0.05, 0.1) is 0 Å². The molecule has 0 heterocycles. The predicted octanol–water partition coefficient (Wildman–Crippen LogP) is 9.66. The van der Waals surface area contributed by atoms with Crippen LogP contribution in [0.15, 0.2) is 48.6 Å². The van der Waals surface area contributed by atoms with Gasteiger partial charge >= 0.3 is 11.9 Å². The Labute approximate surface area is 222 Å². The lowest BCUT2D eigenvalue weighted by Crippen LogP contribution is -2.18. The molecule has 1 N–H and O–H groups in total. The molecular formula is C32H54O4. The number of hydrogen-bond donors (Lipinski definition) is 1. The van der Waals surface area contributed by atoms with Crippen LogP contribution in [0.2, 0.25) is 0 Å². The third-order valence-corrected chi connectivity index (χ3v) is 6.07. The van der Waals surface area contributed by atoms with Gasteiger partial charge in [0.25, 0.3) is 0 Å². The number of carboxylic acid groups (broad SMARTS) is 1. The lowest BCUT2D eigenvalue weighted by Gasteiger charge is -2.18. The monoisotopic (exact) mass is 502 g/mol. The van der Waals surface area contributed by atoms with Crippen LogP contribution in [0.25, 0.3) is 0 Å². The molecule has 0 aromatic rings. The molecule has 0 radical (unpaired) electrons. The molecule has 4 nitrogen and oxygen atoms in total. The number of carbonyl (C=O) groups excluding carboxylic acids is 1. The van der Waals surface area contributed by atoms with E-state index in [4.69, 9.17) is 9.84 Å². The molecule has 0 aromatic heterocycles. The summed E-state index contributed by atoms with van der Waals surface area (Å²) in [4.78, 5) is 23.2. The number of hydrogen-bond acceptors (Lipinski definition) is 3. The van der Waals surface area contributed by atoms with Crippen LogP contribution in [0.4, 0.5) is 0 Å². The van der Waals surface area contributed by atoms with E-state index >= 15 is 0 Å². The topological polar surface area (TPSA) is 63.6 Å². The van der Waals surface area contributed by atoms with Crippen molar-refractivity contribution in [2.24, 2.45) is 0 Å². The molecule has 0 bridgehead atoms. The fraction of sp³-hybridized carbons (Fsp3) is 0.688. The number of aliphatic carboxylic acids is 1. The number of esters is 1. The Morgan fingerprint density at radius 1 is 0.639 bits per heavy atom. The molecule has 0 aliphatic rings. The quantitative estimate of drug-likeness (QED) is 0.0766. The zero-order valence-electron chi connectivity index (χ0n) is 23.3. The molecule has 0 aliphatic heterocycles. The molecule has 0 fully saturated rings. The van der Waals surface area contributed by atoms with Gasteiger partial charge in [0.2, 0.25) is 0 Å². The molecule has 0 amide bonds. The first kappa shape index (κ1) is 33.9. The number of allylic oxidation sites excluding steroid dienone is 8. The first-order chi connectivity index (χ1) is 17.6. The fourth-order valence-electron chi connectivity index (χ4n) is 3.95. The summed E-state index contributed by atoms with van der Waals surface area (Å²) >= 11 is 0. The average Bonchev–Trinajstić information content (AvgIpc) is 2.85. The summed E-state index contributed by atoms with van der Waals surface area (Å²) in [6.07, 6.45) is 35.4. The number of unbranched alkanes of at least 4 members (excludes halogenated alkanes) is 8. The van der Waals surface area contributed by atoms with E-state index in [-0.39, 0.29) is 18.5 Å². The van der Waals surface area contributed by atoms with Crippen molar-refractivity contribution in [1.29, 1.82) is 0 Å². The highest BCUT2D eigenvalue weighted by Gasteiger charge is 2.14. The summed E-state index contributed by atoms with van der Waals surface area (Å²) in [5.41, 5.74) is 0. The largest absolute Gasteiger partial charge is 0.481 e. The van der Waals surface area contributed by atoms with Gasteiger partial charge in [-0.1, -0.05) is 101 Å². The Balaban J connectivity index is 3.98. The van der Waals surface area contributed by atoms with Crippen molar-refractivity contribution < 1.29 is 19.4 Å². The summed E-state index contributed by atoms with van der Waals surface area (Å²) in [5.74, 6) is -0.921. The Hall–Kier alpha value is -2.10. The van der Waals surface area contributed by atoms with Gasteiger partial charge in [0, 0.05) is 12.8 Å². The van der Waals surface area contributed by atoms with Gasteiger partial charge < -0.3 is 9.84 Å². The van der Waals surface area contributed by atoms with E-state index in [0.29, 0.717) is 19.3 Å². The summed E-state index contributed by atoms with van der Waals surface area (Å²) in [6, 6.07) is 0. The van der Waals surface area contributed by atoms with Crippen molar-refractivity contribution in [3.05, 3.63) is 48.6 Å². The van der Waals surface area contributed by atoms with E-state index < -0.39 is 5.97 Å². The fourth-order valence-corrected chi connectivity index (χ4v) is 3.95. The minimum absolute atomic E-state index is 0.136. The second kappa shape index (κ2) is 27.5. The third kappa shape index (κ3) is 26.5. The smallest absolute Gasteiger partial charge is 0.306 e. The molecule has 36 heavy (non-hydrogen) atoms. The van der Waals surface area contributed by atoms with Gasteiger partial charge in [-0.25, -0.2) is 0 Å². The molecular weight excluding hydrogens is 448 g/mol. The van der Waals surface area contributed by atoms with Gasteiger partial charge in [-0.15, -0.1) is 0 Å². The van der Waals surface area contributed by atoms with Gasteiger partial charge in [0.1, 0.15) is 6.10 Å². The maximum atomic E-state index is 12.3. The van der Waals surface area contributed by atoms with E-state index in [0.717, 1.165) is 64.2 Å². The second-order valence-corrected chi connectivity index (χ2v) is 9.55. The zero-order valence-corrected chi connectivity index (χ0v) is 23.3. The normalized spacial score (nSPS) is 12.9. The highest BCUT2D eigenvalue weighted by Crippen LogP contribution is 2.17. The van der Waals surface area contributed by atoms with Crippen LogP contribution in [0.1, 0.15) is 136 Å². The van der Waals surface area contributed by atoms with Crippen molar-refractivity contribution >= 4 is 11.9 Å². The summed E-state index contributed by atoms with van der Waals surface area (Å²) in [7, 11) is 0. The first-order valence-corrected chi connectivity index (χ1v) is 14.6. The highest BCUT2D eigenvalue weighted by atomic mass is 16.5. The first-order valence-electron chi connectivity index (χ1n) is 14.6. The molecule has 0 rings (SSSR count). The molecule has 1 atom stereocenters. The van der Waals surface area contributed by atoms with Crippen LogP contribution < -0.4 is 0 Å². The van der Waals surface area contributed by atoms with Crippen molar-refractivity contribution in [1.82, 2.24) is 0 Å². The standard InChI is InChI=1S/C32H54O4/c1-3-5-7-9-11-12-13-14-15-16-17-18-20-22-24-29-32(35)36-30(27-25-28-31(33)34)26-23-21-19-10-8-6-4-2/h5,7,11-12,14-15,17-18,30H,3-4,6,8-10,13,16,19-29H2,1-2H3,(H,33,34)/b7-5-,12-11-,15-14-,18-17-. The van der Waals surface area contributed by atoms with Crippen molar-refractivity contribution in [3.8, 4) is 0 Å². The van der Waals surface area contributed by atoms with E-state index in [9.17, 15) is 9.59 Å². The number of ether oxygens (including phenoxy) is 1. The van der Waals surface area contributed by atoms with Crippen LogP contribution in [-0.4, -0.2) is 23.1 Å². The molecule has 0 saturated carbocycles. The number of carbonyl (C=O) groups is 2.